The van der Waals surface area contributed by atoms with Gasteiger partial charge in [-0.25, -0.2) is 9.59 Å². The van der Waals surface area contributed by atoms with Crippen LogP contribution in [0.4, 0.5) is 4.79 Å². The first kappa shape index (κ1) is 17.0. The van der Waals surface area contributed by atoms with Crippen molar-refractivity contribution < 1.29 is 14.7 Å². The summed E-state index contributed by atoms with van der Waals surface area (Å²) >= 11 is 0. The minimum absolute atomic E-state index is 0.0103. The molecule has 5 heteroatoms. The maximum Gasteiger partial charge on any atom is 0.326 e. The molecule has 0 fully saturated rings. The summed E-state index contributed by atoms with van der Waals surface area (Å²) in [4.78, 5) is 23.1. The summed E-state index contributed by atoms with van der Waals surface area (Å²) in [6, 6.07) is 7.89. The predicted octanol–water partition coefficient (Wildman–Crippen LogP) is 2.42. The van der Waals surface area contributed by atoms with Gasteiger partial charge >= 0.3 is 12.0 Å². The van der Waals surface area contributed by atoms with Gasteiger partial charge in [0.2, 0.25) is 0 Å². The van der Waals surface area contributed by atoms with Gasteiger partial charge in [0.25, 0.3) is 0 Å². The Hall–Kier alpha value is -2.04. The number of hydrogen-bond donors (Lipinski definition) is 3. The molecule has 0 spiro atoms. The van der Waals surface area contributed by atoms with Gasteiger partial charge in [-0.1, -0.05) is 44.2 Å². The number of carboxylic acid groups (broad SMARTS) is 1. The van der Waals surface area contributed by atoms with Gasteiger partial charge in [0.05, 0.1) is 0 Å². The molecular weight excluding hydrogens is 268 g/mol. The van der Waals surface area contributed by atoms with E-state index in [1.54, 1.807) is 0 Å². The monoisotopic (exact) mass is 292 g/mol. The van der Waals surface area contributed by atoms with E-state index >= 15 is 0 Å². The van der Waals surface area contributed by atoms with Crippen molar-refractivity contribution >= 4 is 12.0 Å². The van der Waals surface area contributed by atoms with Crippen molar-refractivity contribution in [3.05, 3.63) is 35.9 Å². The SMILES string of the molecule is CC(C)CC(C)NC(=O)NC(Cc1ccccc1)C(=O)O. The number of aliphatic carboxylic acids is 1. The Morgan fingerprint density at radius 1 is 1.10 bits per heavy atom. The van der Waals surface area contributed by atoms with Crippen LogP contribution in [0.15, 0.2) is 30.3 Å². The molecule has 116 valence electrons. The molecule has 1 aromatic rings. The van der Waals surface area contributed by atoms with Crippen LogP contribution in [0.5, 0.6) is 0 Å². The Morgan fingerprint density at radius 3 is 2.24 bits per heavy atom. The molecule has 1 aromatic carbocycles. The average molecular weight is 292 g/mol. The highest BCUT2D eigenvalue weighted by Crippen LogP contribution is 2.05. The van der Waals surface area contributed by atoms with Crippen molar-refractivity contribution in [2.24, 2.45) is 5.92 Å². The van der Waals surface area contributed by atoms with E-state index < -0.39 is 18.0 Å². The lowest BCUT2D eigenvalue weighted by Gasteiger charge is -2.19. The molecule has 2 unspecified atom stereocenters. The maximum absolute atomic E-state index is 11.9. The average Bonchev–Trinajstić information content (AvgIpc) is 2.37. The number of carboxylic acids is 1. The normalized spacial score (nSPS) is 13.5. The Labute approximate surface area is 125 Å². The molecule has 0 aliphatic rings. The molecule has 2 amide bonds. The third-order valence-corrected chi connectivity index (χ3v) is 3.09. The van der Waals surface area contributed by atoms with E-state index in [9.17, 15) is 14.7 Å². The summed E-state index contributed by atoms with van der Waals surface area (Å²) < 4.78 is 0. The fourth-order valence-corrected chi connectivity index (χ4v) is 2.24. The van der Waals surface area contributed by atoms with Crippen molar-refractivity contribution in [3.8, 4) is 0 Å². The highest BCUT2D eigenvalue weighted by Gasteiger charge is 2.21. The molecule has 1 rings (SSSR count). The number of hydrogen-bond acceptors (Lipinski definition) is 2. The summed E-state index contributed by atoms with van der Waals surface area (Å²) in [6.45, 7) is 6.06. The largest absolute Gasteiger partial charge is 0.480 e. The number of benzene rings is 1. The lowest BCUT2D eigenvalue weighted by molar-refractivity contribution is -0.139. The van der Waals surface area contributed by atoms with E-state index in [1.807, 2.05) is 37.3 Å². The second kappa shape index (κ2) is 8.29. The lowest BCUT2D eigenvalue weighted by atomic mass is 10.1. The number of carbonyl (C=O) groups is 2. The molecule has 5 nitrogen and oxygen atoms in total. The first-order valence-corrected chi connectivity index (χ1v) is 7.22. The summed E-state index contributed by atoms with van der Waals surface area (Å²) in [5.74, 6) is -0.564. The summed E-state index contributed by atoms with van der Waals surface area (Å²) in [5, 5.41) is 14.5. The first-order chi connectivity index (χ1) is 9.88. The Bertz CT molecular complexity index is 460. The smallest absolute Gasteiger partial charge is 0.326 e. The fraction of sp³-hybridized carbons (Fsp3) is 0.500. The van der Waals surface area contributed by atoms with Crippen LogP contribution >= 0.6 is 0 Å². The van der Waals surface area contributed by atoms with Crippen LogP contribution in [-0.4, -0.2) is 29.2 Å². The zero-order valence-electron chi connectivity index (χ0n) is 12.8. The third kappa shape index (κ3) is 6.79. The second-order valence-electron chi connectivity index (χ2n) is 5.73. The van der Waals surface area contributed by atoms with Gasteiger partial charge in [-0.15, -0.1) is 0 Å². The highest BCUT2D eigenvalue weighted by molar-refractivity contribution is 5.82. The van der Waals surface area contributed by atoms with E-state index in [1.165, 1.54) is 0 Å². The molecule has 0 heterocycles. The minimum atomic E-state index is -1.04. The number of urea groups is 1. The maximum atomic E-state index is 11.9. The molecule has 2 atom stereocenters. The Morgan fingerprint density at radius 2 is 1.71 bits per heavy atom. The van der Waals surface area contributed by atoms with E-state index in [2.05, 4.69) is 24.5 Å². The summed E-state index contributed by atoms with van der Waals surface area (Å²) in [7, 11) is 0. The minimum Gasteiger partial charge on any atom is -0.480 e. The molecule has 0 radical (unpaired) electrons. The van der Waals surface area contributed by atoms with Crippen molar-refractivity contribution in [1.82, 2.24) is 10.6 Å². The molecular formula is C16H24N2O3. The van der Waals surface area contributed by atoms with Crippen LogP contribution in [0.2, 0.25) is 0 Å². The van der Waals surface area contributed by atoms with E-state index in [4.69, 9.17) is 0 Å². The Balaban J connectivity index is 2.54. The molecule has 0 saturated heterocycles. The van der Waals surface area contributed by atoms with E-state index in [0.29, 0.717) is 5.92 Å². The summed E-state index contributed by atoms with van der Waals surface area (Å²) in [6.07, 6.45) is 1.12. The predicted molar refractivity (Wildman–Crippen MR) is 82.2 cm³/mol. The third-order valence-electron chi connectivity index (χ3n) is 3.09. The zero-order valence-corrected chi connectivity index (χ0v) is 12.8. The van der Waals surface area contributed by atoms with Gasteiger partial charge in [-0.05, 0) is 24.8 Å². The first-order valence-electron chi connectivity index (χ1n) is 7.22. The zero-order chi connectivity index (χ0) is 15.8. The fourth-order valence-electron chi connectivity index (χ4n) is 2.24. The molecule has 0 bridgehead atoms. The topological polar surface area (TPSA) is 78.4 Å². The summed E-state index contributed by atoms with van der Waals surface area (Å²) in [5.41, 5.74) is 0.875. The standard InChI is InChI=1S/C16H24N2O3/c1-11(2)9-12(3)17-16(21)18-14(15(19)20)10-13-7-5-4-6-8-13/h4-8,11-12,14H,9-10H2,1-3H3,(H,19,20)(H2,17,18,21). The van der Waals surface area contributed by atoms with Gasteiger partial charge in [-0.3, -0.25) is 0 Å². The van der Waals surface area contributed by atoms with Crippen LogP contribution in [0, 0.1) is 5.92 Å². The van der Waals surface area contributed by atoms with Gasteiger partial charge in [0.15, 0.2) is 0 Å². The van der Waals surface area contributed by atoms with Gasteiger partial charge in [-0.2, -0.15) is 0 Å². The molecule has 0 aliphatic heterocycles. The quantitative estimate of drug-likeness (QED) is 0.722. The van der Waals surface area contributed by atoms with Gasteiger partial charge in [0, 0.05) is 12.5 Å². The highest BCUT2D eigenvalue weighted by atomic mass is 16.4. The second-order valence-corrected chi connectivity index (χ2v) is 5.73. The number of rotatable bonds is 7. The molecule has 3 N–H and O–H groups in total. The number of carbonyl (C=O) groups excluding carboxylic acids is 1. The molecule has 0 aromatic heterocycles. The van der Waals surface area contributed by atoms with Crippen molar-refractivity contribution in [2.45, 2.75) is 45.7 Å². The van der Waals surface area contributed by atoms with Crippen LogP contribution in [0.1, 0.15) is 32.8 Å². The van der Waals surface area contributed by atoms with E-state index in [0.717, 1.165) is 12.0 Å². The molecule has 21 heavy (non-hydrogen) atoms. The van der Waals surface area contributed by atoms with Crippen molar-refractivity contribution in [3.63, 3.8) is 0 Å². The Kier molecular flexibility index (Phi) is 6.72. The van der Waals surface area contributed by atoms with Crippen molar-refractivity contribution in [1.29, 1.82) is 0 Å². The van der Waals surface area contributed by atoms with Crippen LogP contribution in [0.25, 0.3) is 0 Å². The van der Waals surface area contributed by atoms with Crippen LogP contribution in [0.3, 0.4) is 0 Å². The van der Waals surface area contributed by atoms with Crippen LogP contribution < -0.4 is 10.6 Å². The lowest BCUT2D eigenvalue weighted by Crippen LogP contribution is -2.49. The molecule has 0 saturated carbocycles. The van der Waals surface area contributed by atoms with Crippen molar-refractivity contribution in [2.75, 3.05) is 0 Å². The van der Waals surface area contributed by atoms with Gasteiger partial charge < -0.3 is 15.7 Å². The van der Waals surface area contributed by atoms with Gasteiger partial charge in [0.1, 0.15) is 6.04 Å². The number of nitrogens with one attached hydrogen (secondary N) is 2. The molecule has 0 aliphatic carbocycles. The van der Waals surface area contributed by atoms with Crippen LogP contribution in [-0.2, 0) is 11.2 Å². The van der Waals surface area contributed by atoms with E-state index in [-0.39, 0.29) is 12.5 Å². The number of amides is 2.